The number of hydrogen-bond acceptors (Lipinski definition) is 6. The number of thiocarbonyl (C=S) groups is 1. The predicted molar refractivity (Wildman–Crippen MR) is 80.8 cm³/mol. The molecule has 0 aliphatic rings. The molecule has 1 aromatic carbocycles. The molecular formula is C12H9N5S2. The summed E-state index contributed by atoms with van der Waals surface area (Å²) in [6.45, 7) is 0. The van der Waals surface area contributed by atoms with Gasteiger partial charge >= 0.3 is 0 Å². The third kappa shape index (κ3) is 2.51. The average molecular weight is 287 g/mol. The van der Waals surface area contributed by atoms with Crippen LogP contribution in [0.5, 0.6) is 0 Å². The molecule has 3 N–H and O–H groups in total. The lowest BCUT2D eigenvalue weighted by Gasteiger charge is -2.01. The molecule has 3 aromatic rings. The van der Waals surface area contributed by atoms with E-state index in [2.05, 4.69) is 20.3 Å². The van der Waals surface area contributed by atoms with Gasteiger partial charge in [-0.2, -0.15) is 0 Å². The van der Waals surface area contributed by atoms with Gasteiger partial charge in [0.15, 0.2) is 10.9 Å². The van der Waals surface area contributed by atoms with Crippen molar-refractivity contribution < 1.29 is 0 Å². The molecule has 0 saturated carbocycles. The van der Waals surface area contributed by atoms with Crippen molar-refractivity contribution in [1.29, 1.82) is 0 Å². The van der Waals surface area contributed by atoms with Crippen LogP contribution in [0.3, 0.4) is 0 Å². The molecule has 0 radical (unpaired) electrons. The van der Waals surface area contributed by atoms with Crippen molar-refractivity contribution in [2.75, 3.05) is 5.32 Å². The van der Waals surface area contributed by atoms with E-state index in [4.69, 9.17) is 18.0 Å². The number of nitrogens with one attached hydrogen (secondary N) is 1. The number of aromatic nitrogens is 3. The zero-order valence-corrected chi connectivity index (χ0v) is 11.3. The first-order chi connectivity index (χ1) is 9.22. The van der Waals surface area contributed by atoms with E-state index < -0.39 is 0 Å². The fourth-order valence-electron chi connectivity index (χ4n) is 1.56. The molecule has 0 saturated heterocycles. The number of rotatable bonds is 3. The molecule has 19 heavy (non-hydrogen) atoms. The smallest absolute Gasteiger partial charge is 0.189 e. The van der Waals surface area contributed by atoms with Crippen LogP contribution in [-0.2, 0) is 0 Å². The summed E-state index contributed by atoms with van der Waals surface area (Å²) in [7, 11) is 0. The quantitative estimate of drug-likeness (QED) is 0.721. The largest absolute Gasteiger partial charge is 0.388 e. The lowest BCUT2D eigenvalue weighted by molar-refractivity contribution is 1.17. The van der Waals surface area contributed by atoms with Gasteiger partial charge in [-0.1, -0.05) is 35.7 Å². The van der Waals surface area contributed by atoms with Gasteiger partial charge in [-0.25, -0.2) is 15.0 Å². The van der Waals surface area contributed by atoms with Crippen LogP contribution < -0.4 is 11.1 Å². The molecule has 7 heteroatoms. The zero-order valence-electron chi connectivity index (χ0n) is 9.70. The van der Waals surface area contributed by atoms with Gasteiger partial charge in [-0.3, -0.25) is 0 Å². The highest BCUT2D eigenvalue weighted by Gasteiger charge is 2.05. The Balaban J connectivity index is 1.86. The Kier molecular flexibility index (Phi) is 3.06. The molecule has 0 amide bonds. The van der Waals surface area contributed by atoms with Gasteiger partial charge in [-0.15, -0.1) is 0 Å². The minimum Gasteiger partial charge on any atom is -0.388 e. The van der Waals surface area contributed by atoms with Crippen LogP contribution in [0.1, 0.15) is 5.69 Å². The van der Waals surface area contributed by atoms with E-state index in [0.717, 1.165) is 15.3 Å². The highest BCUT2D eigenvalue weighted by atomic mass is 32.1. The van der Waals surface area contributed by atoms with Gasteiger partial charge in [0.2, 0.25) is 0 Å². The van der Waals surface area contributed by atoms with E-state index in [0.29, 0.717) is 11.5 Å². The second kappa shape index (κ2) is 4.87. The Bertz CT molecular complexity index is 702. The van der Waals surface area contributed by atoms with Gasteiger partial charge < -0.3 is 11.1 Å². The van der Waals surface area contributed by atoms with E-state index in [9.17, 15) is 0 Å². The van der Waals surface area contributed by atoms with Crippen LogP contribution in [0.4, 0.5) is 10.9 Å². The van der Waals surface area contributed by atoms with E-state index in [-0.39, 0.29) is 4.99 Å². The third-order valence-electron chi connectivity index (χ3n) is 2.43. The summed E-state index contributed by atoms with van der Waals surface area (Å²) in [4.78, 5) is 13.0. The van der Waals surface area contributed by atoms with E-state index in [1.807, 2.05) is 24.3 Å². The molecular weight excluding hydrogens is 278 g/mol. The summed E-state index contributed by atoms with van der Waals surface area (Å²) >= 11 is 6.39. The van der Waals surface area contributed by atoms with Gasteiger partial charge in [0.25, 0.3) is 0 Å². The van der Waals surface area contributed by atoms with Crippen molar-refractivity contribution in [2.45, 2.75) is 0 Å². The van der Waals surface area contributed by atoms with Gasteiger partial charge in [-0.05, 0) is 12.1 Å². The van der Waals surface area contributed by atoms with Crippen molar-refractivity contribution in [1.82, 2.24) is 15.0 Å². The topological polar surface area (TPSA) is 76.7 Å². The standard InChI is InChI=1S/C12H9N5S2/c13-11(18)8-5-15-10(6-14-8)17-12-16-7-3-1-2-4-9(7)19-12/h1-6H,(H2,13,18)(H,15,16,17). The Hall–Kier alpha value is -2.12. The number of benzene rings is 1. The van der Waals surface area contributed by atoms with Crippen LogP contribution in [0, 0.1) is 0 Å². The van der Waals surface area contributed by atoms with Crippen LogP contribution in [0.2, 0.25) is 0 Å². The van der Waals surface area contributed by atoms with Crippen LogP contribution in [0.25, 0.3) is 10.2 Å². The summed E-state index contributed by atoms with van der Waals surface area (Å²) in [6.07, 6.45) is 3.12. The Morgan fingerprint density at radius 2 is 2.05 bits per heavy atom. The Labute approximate surface area is 118 Å². The van der Waals surface area contributed by atoms with Gasteiger partial charge in [0.05, 0.1) is 22.6 Å². The average Bonchev–Trinajstić information content (AvgIpc) is 2.81. The summed E-state index contributed by atoms with van der Waals surface area (Å²) in [6, 6.07) is 7.95. The normalized spacial score (nSPS) is 10.5. The molecule has 0 unspecified atom stereocenters. The molecule has 2 heterocycles. The molecule has 94 valence electrons. The van der Waals surface area contributed by atoms with Crippen molar-refractivity contribution in [2.24, 2.45) is 5.73 Å². The Morgan fingerprint density at radius 3 is 2.74 bits per heavy atom. The molecule has 2 aromatic heterocycles. The fourth-order valence-corrected chi connectivity index (χ4v) is 2.53. The highest BCUT2D eigenvalue weighted by Crippen LogP contribution is 2.27. The highest BCUT2D eigenvalue weighted by molar-refractivity contribution is 7.80. The maximum atomic E-state index is 5.47. The predicted octanol–water partition coefficient (Wildman–Crippen LogP) is 2.46. The SMILES string of the molecule is NC(=S)c1cnc(Nc2nc3ccccc3s2)cn1. The number of anilines is 2. The molecule has 5 nitrogen and oxygen atoms in total. The first-order valence-electron chi connectivity index (χ1n) is 5.47. The van der Waals surface area contributed by atoms with Crippen LogP contribution in [0.15, 0.2) is 36.7 Å². The zero-order chi connectivity index (χ0) is 13.2. The first-order valence-corrected chi connectivity index (χ1v) is 6.69. The van der Waals surface area contributed by atoms with Gasteiger partial charge in [0.1, 0.15) is 10.7 Å². The van der Waals surface area contributed by atoms with Gasteiger partial charge in [0, 0.05) is 0 Å². The third-order valence-corrected chi connectivity index (χ3v) is 3.59. The van der Waals surface area contributed by atoms with E-state index in [1.165, 1.54) is 6.20 Å². The number of nitrogens with two attached hydrogens (primary N) is 1. The number of hydrogen-bond donors (Lipinski definition) is 2. The molecule has 3 rings (SSSR count). The van der Waals surface area contributed by atoms with Crippen LogP contribution in [-0.4, -0.2) is 19.9 Å². The van der Waals surface area contributed by atoms with Crippen LogP contribution >= 0.6 is 23.6 Å². The number of nitrogens with zero attached hydrogens (tertiary/aromatic N) is 3. The molecule has 0 atom stereocenters. The number of fused-ring (bicyclic) bond motifs is 1. The van der Waals surface area contributed by atoms with Crippen molar-refractivity contribution >= 4 is 49.7 Å². The minimum atomic E-state index is 0.235. The van der Waals surface area contributed by atoms with Crippen molar-refractivity contribution in [3.8, 4) is 0 Å². The molecule has 0 aliphatic carbocycles. The minimum absolute atomic E-state index is 0.235. The lowest BCUT2D eigenvalue weighted by atomic mass is 10.3. The summed E-state index contributed by atoms with van der Waals surface area (Å²) < 4.78 is 1.12. The monoisotopic (exact) mass is 287 g/mol. The second-order valence-electron chi connectivity index (χ2n) is 3.76. The fraction of sp³-hybridized carbons (Fsp3) is 0. The van der Waals surface area contributed by atoms with Crippen molar-refractivity contribution in [3.63, 3.8) is 0 Å². The van der Waals surface area contributed by atoms with E-state index >= 15 is 0 Å². The second-order valence-corrected chi connectivity index (χ2v) is 5.23. The summed E-state index contributed by atoms with van der Waals surface area (Å²) in [5.74, 6) is 0.610. The van der Waals surface area contributed by atoms with Crippen molar-refractivity contribution in [3.05, 3.63) is 42.4 Å². The summed E-state index contributed by atoms with van der Waals surface area (Å²) in [5, 5.41) is 3.89. The van der Waals surface area contributed by atoms with E-state index in [1.54, 1.807) is 17.5 Å². The molecule has 0 aliphatic heterocycles. The maximum Gasteiger partial charge on any atom is 0.189 e. The molecule has 0 fully saturated rings. The lowest BCUT2D eigenvalue weighted by Crippen LogP contribution is -2.12. The molecule has 0 bridgehead atoms. The Morgan fingerprint density at radius 1 is 1.21 bits per heavy atom. The summed E-state index contributed by atoms with van der Waals surface area (Å²) in [5.41, 5.74) is 6.93. The maximum absolute atomic E-state index is 5.47. The number of thiazole rings is 1. The number of para-hydroxylation sites is 1. The molecule has 0 spiro atoms. The first kappa shape index (κ1) is 11.9.